The summed E-state index contributed by atoms with van der Waals surface area (Å²) in [5.41, 5.74) is 0.376. The Balaban J connectivity index is 0.00000208. The Morgan fingerprint density at radius 3 is 2.67 bits per heavy atom. The number of guanidine groups is 1. The van der Waals surface area contributed by atoms with Crippen LogP contribution in [0.2, 0.25) is 0 Å². The predicted molar refractivity (Wildman–Crippen MR) is 108 cm³/mol. The van der Waals surface area contributed by atoms with E-state index >= 15 is 0 Å². The summed E-state index contributed by atoms with van der Waals surface area (Å²) in [6.07, 6.45) is 9.24. The van der Waals surface area contributed by atoms with Gasteiger partial charge in [-0.2, -0.15) is 0 Å². The Morgan fingerprint density at radius 1 is 1.29 bits per heavy atom. The van der Waals surface area contributed by atoms with Crippen LogP contribution in [0.15, 0.2) is 4.99 Å². The molecular formula is C18H34IN3O2. The molecule has 2 atom stereocenters. The Morgan fingerprint density at radius 2 is 2.08 bits per heavy atom. The molecule has 140 valence electrons. The number of hydrogen-bond acceptors (Lipinski definition) is 3. The third-order valence-corrected chi connectivity index (χ3v) is 5.78. The average Bonchev–Trinajstić information content (AvgIpc) is 3.30. The van der Waals surface area contributed by atoms with Crippen LogP contribution >= 0.6 is 24.0 Å². The van der Waals surface area contributed by atoms with Crippen molar-refractivity contribution in [2.75, 3.05) is 33.4 Å². The van der Waals surface area contributed by atoms with Crippen LogP contribution in [0.4, 0.5) is 0 Å². The largest absolute Gasteiger partial charge is 0.381 e. The summed E-state index contributed by atoms with van der Waals surface area (Å²) < 4.78 is 11.6. The molecule has 3 fully saturated rings. The molecule has 0 aromatic rings. The van der Waals surface area contributed by atoms with Crippen molar-refractivity contribution in [3.8, 4) is 0 Å². The second-order valence-electron chi connectivity index (χ2n) is 7.33. The Labute approximate surface area is 163 Å². The van der Waals surface area contributed by atoms with E-state index < -0.39 is 0 Å². The van der Waals surface area contributed by atoms with Crippen molar-refractivity contribution in [1.29, 1.82) is 0 Å². The van der Waals surface area contributed by atoms with E-state index in [1.165, 1.54) is 32.1 Å². The smallest absolute Gasteiger partial charge is 0.191 e. The molecule has 1 spiro atoms. The van der Waals surface area contributed by atoms with Crippen LogP contribution < -0.4 is 10.6 Å². The van der Waals surface area contributed by atoms with Gasteiger partial charge in [0.25, 0.3) is 0 Å². The number of nitrogens with zero attached hydrogens (tertiary/aromatic N) is 1. The predicted octanol–water partition coefficient (Wildman–Crippen LogP) is 2.93. The zero-order chi connectivity index (χ0) is 16.1. The summed E-state index contributed by atoms with van der Waals surface area (Å²) in [4.78, 5) is 4.37. The van der Waals surface area contributed by atoms with Crippen molar-refractivity contribution in [1.82, 2.24) is 10.6 Å². The van der Waals surface area contributed by atoms with Gasteiger partial charge in [0.15, 0.2) is 5.96 Å². The monoisotopic (exact) mass is 451 g/mol. The van der Waals surface area contributed by atoms with Gasteiger partial charge in [-0.05, 0) is 51.4 Å². The van der Waals surface area contributed by atoms with Gasteiger partial charge in [-0.15, -0.1) is 24.0 Å². The molecule has 2 unspecified atom stereocenters. The molecule has 3 rings (SSSR count). The number of ether oxygens (including phenoxy) is 2. The molecule has 2 N–H and O–H groups in total. The van der Waals surface area contributed by atoms with Gasteiger partial charge in [-0.25, -0.2) is 0 Å². The number of rotatable bonds is 9. The molecule has 3 aliphatic rings. The van der Waals surface area contributed by atoms with Crippen LogP contribution in [0.25, 0.3) is 0 Å². The van der Waals surface area contributed by atoms with E-state index in [9.17, 15) is 0 Å². The molecule has 5 nitrogen and oxygen atoms in total. The average molecular weight is 451 g/mol. The number of nitrogens with one attached hydrogen (secondary N) is 2. The van der Waals surface area contributed by atoms with E-state index in [-0.39, 0.29) is 24.0 Å². The van der Waals surface area contributed by atoms with E-state index in [0.29, 0.717) is 17.6 Å². The fourth-order valence-electron chi connectivity index (χ4n) is 3.92. The maximum atomic E-state index is 5.91. The highest BCUT2D eigenvalue weighted by molar-refractivity contribution is 14.0. The van der Waals surface area contributed by atoms with Gasteiger partial charge in [0, 0.05) is 44.9 Å². The summed E-state index contributed by atoms with van der Waals surface area (Å²) >= 11 is 0. The summed E-state index contributed by atoms with van der Waals surface area (Å²) in [6.45, 7) is 5.64. The second kappa shape index (κ2) is 9.57. The number of halogens is 1. The normalized spacial score (nSPS) is 27.8. The minimum Gasteiger partial charge on any atom is -0.381 e. The first kappa shape index (κ1) is 20.2. The molecule has 0 aromatic heterocycles. The SMILES string of the molecule is CCOC1CC(NC(=NC)NCCCOCC2CC2)C12CCC2.I. The van der Waals surface area contributed by atoms with Gasteiger partial charge < -0.3 is 20.1 Å². The molecule has 0 heterocycles. The van der Waals surface area contributed by atoms with Crippen LogP contribution in [0, 0.1) is 11.3 Å². The molecule has 0 radical (unpaired) electrons. The molecule has 0 aliphatic heterocycles. The highest BCUT2D eigenvalue weighted by Crippen LogP contribution is 2.57. The summed E-state index contributed by atoms with van der Waals surface area (Å²) in [7, 11) is 1.85. The highest BCUT2D eigenvalue weighted by atomic mass is 127. The molecule has 0 bridgehead atoms. The lowest BCUT2D eigenvalue weighted by Crippen LogP contribution is -2.68. The topological polar surface area (TPSA) is 54.9 Å². The molecule has 24 heavy (non-hydrogen) atoms. The summed E-state index contributed by atoms with van der Waals surface area (Å²) in [6, 6.07) is 0.519. The van der Waals surface area contributed by atoms with Crippen LogP contribution in [0.3, 0.4) is 0 Å². The quantitative estimate of drug-likeness (QED) is 0.245. The van der Waals surface area contributed by atoms with E-state index in [2.05, 4.69) is 22.5 Å². The Bertz CT molecular complexity index is 411. The lowest BCUT2D eigenvalue weighted by atomic mass is 9.51. The van der Waals surface area contributed by atoms with Crippen LogP contribution in [-0.2, 0) is 9.47 Å². The van der Waals surface area contributed by atoms with Crippen molar-refractivity contribution < 1.29 is 9.47 Å². The third kappa shape index (κ3) is 4.75. The van der Waals surface area contributed by atoms with Gasteiger partial charge in [0.05, 0.1) is 6.10 Å². The molecule has 3 aliphatic carbocycles. The fraction of sp³-hybridized carbons (Fsp3) is 0.944. The lowest BCUT2D eigenvalue weighted by Gasteiger charge is -2.61. The van der Waals surface area contributed by atoms with Crippen molar-refractivity contribution in [2.24, 2.45) is 16.3 Å². The van der Waals surface area contributed by atoms with Crippen molar-refractivity contribution in [3.05, 3.63) is 0 Å². The molecule has 0 aromatic carbocycles. The second-order valence-corrected chi connectivity index (χ2v) is 7.33. The van der Waals surface area contributed by atoms with E-state index in [1.807, 2.05) is 7.05 Å². The molecular weight excluding hydrogens is 417 g/mol. The fourth-order valence-corrected chi connectivity index (χ4v) is 3.92. The molecule has 0 amide bonds. The first-order chi connectivity index (χ1) is 11.3. The van der Waals surface area contributed by atoms with E-state index in [4.69, 9.17) is 9.47 Å². The first-order valence-corrected chi connectivity index (χ1v) is 9.45. The van der Waals surface area contributed by atoms with Gasteiger partial charge in [0.2, 0.25) is 0 Å². The zero-order valence-electron chi connectivity index (χ0n) is 15.2. The maximum absolute atomic E-state index is 5.91. The standard InChI is InChI=1S/C18H33N3O2.HI/c1-3-23-16-12-15(18(16)8-4-9-18)21-17(19-2)20-10-5-11-22-13-14-6-7-14;/h14-16H,3-13H2,1-2H3,(H2,19,20,21);1H. The van der Waals surface area contributed by atoms with Gasteiger partial charge in [-0.1, -0.05) is 6.42 Å². The minimum absolute atomic E-state index is 0. The molecule has 3 saturated carbocycles. The zero-order valence-corrected chi connectivity index (χ0v) is 17.5. The summed E-state index contributed by atoms with van der Waals surface area (Å²) in [5, 5.41) is 7.04. The lowest BCUT2D eigenvalue weighted by molar-refractivity contribution is -0.168. The Kier molecular flexibility index (Phi) is 8.07. The number of aliphatic imine (C=N–C) groups is 1. The van der Waals surface area contributed by atoms with Gasteiger partial charge >= 0.3 is 0 Å². The number of hydrogen-bond donors (Lipinski definition) is 2. The molecule has 6 heteroatoms. The molecule has 0 saturated heterocycles. The first-order valence-electron chi connectivity index (χ1n) is 9.45. The van der Waals surface area contributed by atoms with E-state index in [0.717, 1.165) is 51.1 Å². The maximum Gasteiger partial charge on any atom is 0.191 e. The van der Waals surface area contributed by atoms with Gasteiger partial charge in [0.1, 0.15) is 0 Å². The minimum atomic E-state index is 0. The van der Waals surface area contributed by atoms with Crippen molar-refractivity contribution in [2.45, 2.75) is 64.0 Å². The Hall–Kier alpha value is -0.0800. The van der Waals surface area contributed by atoms with Crippen molar-refractivity contribution in [3.63, 3.8) is 0 Å². The van der Waals surface area contributed by atoms with Crippen LogP contribution in [0.5, 0.6) is 0 Å². The summed E-state index contributed by atoms with van der Waals surface area (Å²) in [5.74, 6) is 1.78. The van der Waals surface area contributed by atoms with Crippen molar-refractivity contribution >= 4 is 29.9 Å². The van der Waals surface area contributed by atoms with Gasteiger partial charge in [-0.3, -0.25) is 4.99 Å². The van der Waals surface area contributed by atoms with Crippen LogP contribution in [0.1, 0.15) is 51.9 Å². The third-order valence-electron chi connectivity index (χ3n) is 5.78. The highest BCUT2D eigenvalue weighted by Gasteiger charge is 2.59. The van der Waals surface area contributed by atoms with Crippen LogP contribution in [-0.4, -0.2) is 51.5 Å². The van der Waals surface area contributed by atoms with E-state index in [1.54, 1.807) is 0 Å².